The van der Waals surface area contributed by atoms with E-state index in [2.05, 4.69) is 26.6 Å². The number of aryl methyl sites for hydroxylation is 1. The Kier molecular flexibility index (Phi) is 3.59. The van der Waals surface area contributed by atoms with Gasteiger partial charge >= 0.3 is 0 Å². The number of benzene rings is 2. The molecule has 0 aliphatic carbocycles. The van der Waals surface area contributed by atoms with E-state index in [0.29, 0.717) is 12.1 Å². The van der Waals surface area contributed by atoms with Gasteiger partial charge in [-0.3, -0.25) is 4.79 Å². The number of amides is 1. The summed E-state index contributed by atoms with van der Waals surface area (Å²) < 4.78 is 1.05. The van der Waals surface area contributed by atoms with Crippen LogP contribution in [0, 0.1) is 6.92 Å². The molecule has 5 heteroatoms. The van der Waals surface area contributed by atoms with Crippen molar-refractivity contribution in [2.24, 2.45) is 0 Å². The Morgan fingerprint density at radius 1 is 1.24 bits per heavy atom. The Hall–Kier alpha value is -2.01. The van der Waals surface area contributed by atoms with Crippen LogP contribution >= 0.6 is 15.9 Å². The molecule has 1 aliphatic rings. The first-order valence-electron chi connectivity index (χ1n) is 6.79. The number of hydrogen-bond donors (Lipinski definition) is 3. The number of hydrogen-bond acceptors (Lipinski definition) is 3. The quantitative estimate of drug-likeness (QED) is 0.721. The van der Waals surface area contributed by atoms with Crippen molar-refractivity contribution in [3.63, 3.8) is 0 Å². The summed E-state index contributed by atoms with van der Waals surface area (Å²) in [5.41, 5.74) is 11.7. The molecule has 0 saturated heterocycles. The van der Waals surface area contributed by atoms with Crippen molar-refractivity contribution >= 4 is 44.6 Å². The van der Waals surface area contributed by atoms with Crippen molar-refractivity contribution in [2.45, 2.75) is 19.8 Å². The van der Waals surface area contributed by atoms with E-state index < -0.39 is 0 Å². The van der Waals surface area contributed by atoms with E-state index in [1.54, 1.807) is 0 Å². The molecule has 1 heterocycles. The predicted octanol–water partition coefficient (Wildman–Crippen LogP) is 3.97. The van der Waals surface area contributed by atoms with E-state index in [9.17, 15) is 4.79 Å². The van der Waals surface area contributed by atoms with Gasteiger partial charge in [-0.2, -0.15) is 0 Å². The molecule has 0 aromatic heterocycles. The van der Waals surface area contributed by atoms with Crippen LogP contribution in [0.5, 0.6) is 0 Å². The molecule has 0 spiro atoms. The zero-order valence-electron chi connectivity index (χ0n) is 11.7. The second-order valence-electron chi connectivity index (χ2n) is 5.18. The number of nitrogen functional groups attached to an aromatic ring is 1. The highest BCUT2D eigenvalue weighted by atomic mass is 79.9. The molecule has 2 aromatic carbocycles. The van der Waals surface area contributed by atoms with E-state index in [1.807, 2.05) is 37.3 Å². The second-order valence-corrected chi connectivity index (χ2v) is 6.04. The maximum atomic E-state index is 11.4. The molecule has 3 rings (SSSR count). The third-order valence-corrected chi connectivity index (χ3v) is 4.57. The van der Waals surface area contributed by atoms with Gasteiger partial charge in [0, 0.05) is 22.3 Å². The van der Waals surface area contributed by atoms with Gasteiger partial charge in [0.2, 0.25) is 5.91 Å². The smallest absolute Gasteiger partial charge is 0.224 e. The fourth-order valence-electron chi connectivity index (χ4n) is 2.44. The van der Waals surface area contributed by atoms with Crippen molar-refractivity contribution in [3.05, 3.63) is 45.9 Å². The molecule has 21 heavy (non-hydrogen) atoms. The number of carbonyl (C=O) groups is 1. The highest BCUT2D eigenvalue weighted by Crippen LogP contribution is 2.34. The molecule has 0 fully saturated rings. The standard InChI is InChI=1S/C16H16BrN3O/c1-9-11(17)3-2-4-13(9)19-15-7-10-5-6-16(21)20-14(10)8-12(15)18/h2-4,7-8,19H,5-6,18H2,1H3,(H,20,21). The number of halogens is 1. The van der Waals surface area contributed by atoms with Gasteiger partial charge in [-0.15, -0.1) is 0 Å². The van der Waals surface area contributed by atoms with Gasteiger partial charge in [0.1, 0.15) is 0 Å². The van der Waals surface area contributed by atoms with Crippen LogP contribution in [0.3, 0.4) is 0 Å². The topological polar surface area (TPSA) is 67.2 Å². The summed E-state index contributed by atoms with van der Waals surface area (Å²) in [4.78, 5) is 11.4. The van der Waals surface area contributed by atoms with Crippen LogP contribution in [-0.4, -0.2) is 5.91 Å². The van der Waals surface area contributed by atoms with E-state index in [1.165, 1.54) is 0 Å². The van der Waals surface area contributed by atoms with Gasteiger partial charge in [-0.05, 0) is 48.7 Å². The maximum Gasteiger partial charge on any atom is 0.224 e. The molecular formula is C16H16BrN3O. The summed E-state index contributed by atoms with van der Waals surface area (Å²) in [7, 11) is 0. The van der Waals surface area contributed by atoms with E-state index >= 15 is 0 Å². The third kappa shape index (κ3) is 2.74. The molecule has 0 radical (unpaired) electrons. The summed E-state index contributed by atoms with van der Waals surface area (Å²) >= 11 is 3.53. The lowest BCUT2D eigenvalue weighted by atomic mass is 10.0. The van der Waals surface area contributed by atoms with Crippen LogP contribution in [0.15, 0.2) is 34.8 Å². The maximum absolute atomic E-state index is 11.4. The normalized spacial score (nSPS) is 13.5. The van der Waals surface area contributed by atoms with Crippen molar-refractivity contribution in [1.82, 2.24) is 0 Å². The first-order valence-corrected chi connectivity index (χ1v) is 7.58. The highest BCUT2D eigenvalue weighted by Gasteiger charge is 2.17. The lowest BCUT2D eigenvalue weighted by Gasteiger charge is -2.20. The zero-order valence-corrected chi connectivity index (χ0v) is 13.3. The minimum Gasteiger partial charge on any atom is -0.397 e. The Balaban J connectivity index is 1.96. The first kappa shape index (κ1) is 13.9. The van der Waals surface area contributed by atoms with E-state index in [0.717, 1.165) is 39.1 Å². The van der Waals surface area contributed by atoms with Crippen LogP contribution < -0.4 is 16.4 Å². The average molecular weight is 346 g/mol. The van der Waals surface area contributed by atoms with Crippen LogP contribution in [0.4, 0.5) is 22.7 Å². The Labute approximate surface area is 131 Å². The molecule has 4 N–H and O–H groups in total. The summed E-state index contributed by atoms with van der Waals surface area (Å²) in [5.74, 6) is 0.0467. The van der Waals surface area contributed by atoms with E-state index in [4.69, 9.17) is 5.73 Å². The lowest BCUT2D eigenvalue weighted by Crippen LogP contribution is -2.19. The number of nitrogens with two attached hydrogens (primary N) is 1. The fourth-order valence-corrected chi connectivity index (χ4v) is 2.81. The minimum absolute atomic E-state index is 0.0467. The molecule has 0 unspecified atom stereocenters. The second kappa shape index (κ2) is 5.41. The molecule has 0 atom stereocenters. The Morgan fingerprint density at radius 2 is 2.05 bits per heavy atom. The van der Waals surface area contributed by atoms with Crippen LogP contribution in [-0.2, 0) is 11.2 Å². The number of rotatable bonds is 2. The highest BCUT2D eigenvalue weighted by molar-refractivity contribution is 9.10. The number of anilines is 4. The minimum atomic E-state index is 0.0467. The molecule has 0 bridgehead atoms. The summed E-state index contributed by atoms with van der Waals surface area (Å²) in [6.07, 6.45) is 1.26. The van der Waals surface area contributed by atoms with Gasteiger partial charge in [0.05, 0.1) is 11.4 Å². The molecule has 4 nitrogen and oxygen atoms in total. The van der Waals surface area contributed by atoms with Crippen LogP contribution in [0.25, 0.3) is 0 Å². The molecule has 2 aromatic rings. The first-order chi connectivity index (χ1) is 10.0. The molecular weight excluding hydrogens is 330 g/mol. The number of carbonyl (C=O) groups excluding carboxylic acids is 1. The zero-order chi connectivity index (χ0) is 15.0. The van der Waals surface area contributed by atoms with Gasteiger partial charge in [0.15, 0.2) is 0 Å². The van der Waals surface area contributed by atoms with E-state index in [-0.39, 0.29) is 5.91 Å². The number of fused-ring (bicyclic) bond motifs is 1. The predicted molar refractivity (Wildman–Crippen MR) is 90.0 cm³/mol. The van der Waals surface area contributed by atoms with Gasteiger partial charge in [-0.1, -0.05) is 22.0 Å². The Morgan fingerprint density at radius 3 is 2.86 bits per heavy atom. The van der Waals surface area contributed by atoms with Crippen LogP contribution in [0.2, 0.25) is 0 Å². The average Bonchev–Trinajstić information content (AvgIpc) is 2.45. The Bertz CT molecular complexity index is 728. The molecule has 0 saturated carbocycles. The summed E-state index contributed by atoms with van der Waals surface area (Å²) in [6, 6.07) is 9.84. The molecule has 1 amide bonds. The van der Waals surface area contributed by atoms with Gasteiger partial charge in [0.25, 0.3) is 0 Å². The van der Waals surface area contributed by atoms with Crippen molar-refractivity contribution in [3.8, 4) is 0 Å². The van der Waals surface area contributed by atoms with Crippen LogP contribution in [0.1, 0.15) is 17.5 Å². The van der Waals surface area contributed by atoms with Gasteiger partial charge < -0.3 is 16.4 Å². The summed E-state index contributed by atoms with van der Waals surface area (Å²) in [6.45, 7) is 2.04. The van der Waals surface area contributed by atoms with Crippen molar-refractivity contribution < 1.29 is 4.79 Å². The third-order valence-electron chi connectivity index (χ3n) is 3.71. The molecule has 108 valence electrons. The monoisotopic (exact) mass is 345 g/mol. The van der Waals surface area contributed by atoms with Crippen molar-refractivity contribution in [1.29, 1.82) is 0 Å². The summed E-state index contributed by atoms with van der Waals surface area (Å²) in [5, 5.41) is 6.23. The van der Waals surface area contributed by atoms with Crippen molar-refractivity contribution in [2.75, 3.05) is 16.4 Å². The lowest BCUT2D eigenvalue weighted by molar-refractivity contribution is -0.116. The SMILES string of the molecule is Cc1c(Br)cccc1Nc1cc2c(cc1N)NC(=O)CC2. The fraction of sp³-hybridized carbons (Fsp3) is 0.188. The number of nitrogens with one attached hydrogen (secondary N) is 2. The van der Waals surface area contributed by atoms with Gasteiger partial charge in [-0.25, -0.2) is 0 Å². The largest absolute Gasteiger partial charge is 0.397 e. The molecule has 1 aliphatic heterocycles.